The van der Waals surface area contributed by atoms with Crippen molar-refractivity contribution in [3.8, 4) is 0 Å². The molecule has 1 saturated heterocycles. The number of nitrogens with zero attached hydrogens (tertiary/aromatic N) is 2. The van der Waals surface area contributed by atoms with Crippen molar-refractivity contribution in [2.45, 2.75) is 57.5 Å². The predicted molar refractivity (Wildman–Crippen MR) is 112 cm³/mol. The van der Waals surface area contributed by atoms with Gasteiger partial charge >= 0.3 is 0 Å². The van der Waals surface area contributed by atoms with Crippen LogP contribution in [0.25, 0.3) is 0 Å². The number of hydrogen-bond donors (Lipinski definition) is 0. The lowest BCUT2D eigenvalue weighted by Gasteiger charge is -2.37. The summed E-state index contributed by atoms with van der Waals surface area (Å²) in [6, 6.07) is 15.7. The van der Waals surface area contributed by atoms with E-state index in [0.717, 1.165) is 37.7 Å². The van der Waals surface area contributed by atoms with Gasteiger partial charge in [0.2, 0.25) is 5.91 Å². The van der Waals surface area contributed by atoms with Crippen LogP contribution in [0.1, 0.15) is 54.4 Å². The molecular formula is C24H26N2O3. The molecular weight excluding hydrogens is 364 g/mol. The van der Waals surface area contributed by atoms with Crippen molar-refractivity contribution in [2.75, 3.05) is 4.90 Å². The van der Waals surface area contributed by atoms with E-state index in [-0.39, 0.29) is 30.2 Å². The molecule has 1 atom stereocenters. The second kappa shape index (κ2) is 8.19. The van der Waals surface area contributed by atoms with Gasteiger partial charge in [-0.3, -0.25) is 14.4 Å². The van der Waals surface area contributed by atoms with Crippen molar-refractivity contribution in [2.24, 2.45) is 0 Å². The molecule has 0 radical (unpaired) electrons. The molecule has 2 aromatic rings. The first-order chi connectivity index (χ1) is 14.1. The molecule has 1 heterocycles. The summed E-state index contributed by atoms with van der Waals surface area (Å²) in [5.74, 6) is -0.686. The van der Waals surface area contributed by atoms with E-state index in [2.05, 4.69) is 0 Å². The average Bonchev–Trinajstić information content (AvgIpc) is 3.03. The minimum Gasteiger partial charge on any atom is -0.323 e. The highest BCUT2D eigenvalue weighted by atomic mass is 16.2. The zero-order valence-corrected chi connectivity index (χ0v) is 16.7. The predicted octanol–water partition coefficient (Wildman–Crippen LogP) is 4.10. The van der Waals surface area contributed by atoms with E-state index in [1.165, 1.54) is 4.90 Å². The van der Waals surface area contributed by atoms with Crippen molar-refractivity contribution in [1.82, 2.24) is 4.90 Å². The van der Waals surface area contributed by atoms with E-state index in [4.69, 9.17) is 0 Å². The van der Waals surface area contributed by atoms with E-state index in [1.807, 2.05) is 37.3 Å². The van der Waals surface area contributed by atoms with Crippen LogP contribution in [0.15, 0.2) is 54.6 Å². The molecule has 29 heavy (non-hydrogen) atoms. The van der Waals surface area contributed by atoms with Gasteiger partial charge in [-0.05, 0) is 43.5 Å². The number of amides is 3. The van der Waals surface area contributed by atoms with Crippen molar-refractivity contribution >= 4 is 23.4 Å². The van der Waals surface area contributed by atoms with Crippen LogP contribution in [0, 0.1) is 6.92 Å². The van der Waals surface area contributed by atoms with E-state index in [1.54, 1.807) is 29.2 Å². The Bertz CT molecular complexity index is 919. The van der Waals surface area contributed by atoms with E-state index in [0.29, 0.717) is 11.3 Å². The Morgan fingerprint density at radius 2 is 1.59 bits per heavy atom. The minimum atomic E-state index is -0.738. The lowest BCUT2D eigenvalue weighted by Crippen LogP contribution is -2.51. The monoisotopic (exact) mass is 390 g/mol. The average molecular weight is 390 g/mol. The normalized spacial score (nSPS) is 20.2. The summed E-state index contributed by atoms with van der Waals surface area (Å²) in [7, 11) is 0. The number of carbonyl (C=O) groups is 3. The molecule has 1 aliphatic carbocycles. The highest BCUT2D eigenvalue weighted by Crippen LogP contribution is 2.32. The number of anilines is 1. The molecule has 2 aliphatic rings. The first kappa shape index (κ1) is 19.4. The molecule has 5 heteroatoms. The number of para-hydroxylation sites is 1. The van der Waals surface area contributed by atoms with E-state index >= 15 is 0 Å². The van der Waals surface area contributed by atoms with E-state index < -0.39 is 6.04 Å². The van der Waals surface area contributed by atoms with Crippen molar-refractivity contribution < 1.29 is 14.4 Å². The molecule has 0 spiro atoms. The molecule has 1 saturated carbocycles. The zero-order chi connectivity index (χ0) is 20.4. The minimum absolute atomic E-state index is 0.00618. The van der Waals surface area contributed by atoms with Crippen molar-refractivity contribution in [3.05, 3.63) is 65.7 Å². The molecule has 1 unspecified atom stereocenters. The Labute approximate surface area is 171 Å². The van der Waals surface area contributed by atoms with Crippen LogP contribution in [0.5, 0.6) is 0 Å². The lowest BCUT2D eigenvalue weighted by molar-refractivity contribution is -0.123. The molecule has 0 N–H and O–H groups in total. The number of rotatable bonds is 4. The Balaban J connectivity index is 1.70. The second-order valence-electron chi connectivity index (χ2n) is 7.94. The molecule has 0 bridgehead atoms. The first-order valence-electron chi connectivity index (χ1n) is 10.4. The first-order valence-corrected chi connectivity index (χ1v) is 10.4. The maximum absolute atomic E-state index is 13.6. The summed E-state index contributed by atoms with van der Waals surface area (Å²) in [6.07, 6.45) is 5.03. The standard InChI is InChI=1S/C24H26N2O3/c1-17-10-8-9-15-20(17)23(28)25(18-11-4-2-5-12-18)21-16-22(27)26(24(21)29)19-13-6-3-7-14-19/h3,6-10,13-15,18,21H,2,4-5,11-12,16H2,1H3. The van der Waals surface area contributed by atoms with E-state index in [9.17, 15) is 14.4 Å². The van der Waals surface area contributed by atoms with Crippen LogP contribution >= 0.6 is 0 Å². The Morgan fingerprint density at radius 3 is 2.28 bits per heavy atom. The Morgan fingerprint density at radius 1 is 0.931 bits per heavy atom. The highest BCUT2D eigenvalue weighted by Gasteiger charge is 2.46. The molecule has 3 amide bonds. The van der Waals surface area contributed by atoms with Gasteiger partial charge in [-0.25, -0.2) is 4.90 Å². The van der Waals surface area contributed by atoms with Crippen LogP contribution in [0.3, 0.4) is 0 Å². The largest absolute Gasteiger partial charge is 0.323 e. The summed E-state index contributed by atoms with van der Waals surface area (Å²) in [6.45, 7) is 1.91. The van der Waals surface area contributed by atoms with Crippen LogP contribution < -0.4 is 4.90 Å². The molecule has 2 aromatic carbocycles. The SMILES string of the molecule is Cc1ccccc1C(=O)N(C1CCCCC1)C1CC(=O)N(c2ccccc2)C1=O. The van der Waals surface area contributed by atoms with Gasteiger partial charge in [-0.2, -0.15) is 0 Å². The van der Waals surface area contributed by atoms with Gasteiger partial charge in [0.25, 0.3) is 11.8 Å². The fourth-order valence-corrected chi connectivity index (χ4v) is 4.55. The van der Waals surface area contributed by atoms with Crippen LogP contribution in [0.4, 0.5) is 5.69 Å². The van der Waals surface area contributed by atoms with Crippen molar-refractivity contribution in [1.29, 1.82) is 0 Å². The fourth-order valence-electron chi connectivity index (χ4n) is 4.55. The van der Waals surface area contributed by atoms with Crippen molar-refractivity contribution in [3.63, 3.8) is 0 Å². The third-order valence-corrected chi connectivity index (χ3v) is 6.05. The molecule has 150 valence electrons. The van der Waals surface area contributed by atoms with Crippen LogP contribution in [-0.2, 0) is 9.59 Å². The summed E-state index contributed by atoms with van der Waals surface area (Å²) in [5.41, 5.74) is 2.06. The maximum Gasteiger partial charge on any atom is 0.257 e. The zero-order valence-electron chi connectivity index (χ0n) is 16.7. The molecule has 2 fully saturated rings. The third kappa shape index (κ3) is 3.69. The smallest absolute Gasteiger partial charge is 0.257 e. The summed E-state index contributed by atoms with van der Waals surface area (Å²) >= 11 is 0. The third-order valence-electron chi connectivity index (χ3n) is 6.05. The summed E-state index contributed by atoms with van der Waals surface area (Å²) in [5, 5.41) is 0. The maximum atomic E-state index is 13.6. The van der Waals surface area contributed by atoms with Gasteiger partial charge in [0.15, 0.2) is 0 Å². The highest BCUT2D eigenvalue weighted by molar-refractivity contribution is 6.23. The van der Waals surface area contributed by atoms with Gasteiger partial charge in [0.1, 0.15) is 6.04 Å². The second-order valence-corrected chi connectivity index (χ2v) is 7.94. The Hall–Kier alpha value is -2.95. The topological polar surface area (TPSA) is 57.7 Å². The van der Waals surface area contributed by atoms with Crippen LogP contribution in [0.2, 0.25) is 0 Å². The number of aryl methyl sites for hydroxylation is 1. The van der Waals surface area contributed by atoms with Gasteiger partial charge < -0.3 is 4.90 Å². The van der Waals surface area contributed by atoms with Gasteiger partial charge in [0.05, 0.1) is 12.1 Å². The number of imide groups is 1. The molecule has 5 nitrogen and oxygen atoms in total. The number of hydrogen-bond acceptors (Lipinski definition) is 3. The van der Waals surface area contributed by atoms with Gasteiger partial charge in [-0.15, -0.1) is 0 Å². The molecule has 4 rings (SSSR count). The van der Waals surface area contributed by atoms with Gasteiger partial charge in [0, 0.05) is 11.6 Å². The van der Waals surface area contributed by atoms with Crippen LogP contribution in [-0.4, -0.2) is 34.7 Å². The molecule has 1 aliphatic heterocycles. The lowest BCUT2D eigenvalue weighted by atomic mass is 9.91. The van der Waals surface area contributed by atoms with Gasteiger partial charge in [-0.1, -0.05) is 55.7 Å². The molecule has 0 aromatic heterocycles. The number of carbonyl (C=O) groups excluding carboxylic acids is 3. The summed E-state index contributed by atoms with van der Waals surface area (Å²) in [4.78, 5) is 42.7. The number of benzene rings is 2. The Kier molecular flexibility index (Phi) is 5.47. The fraction of sp³-hybridized carbons (Fsp3) is 0.375. The summed E-state index contributed by atoms with van der Waals surface area (Å²) < 4.78 is 0. The quantitative estimate of drug-likeness (QED) is 0.739.